The van der Waals surface area contributed by atoms with Gasteiger partial charge in [0.25, 0.3) is 5.56 Å². The second kappa shape index (κ2) is 7.52. The van der Waals surface area contributed by atoms with Gasteiger partial charge >= 0.3 is 0 Å². The van der Waals surface area contributed by atoms with Gasteiger partial charge in [-0.15, -0.1) is 11.3 Å². The quantitative estimate of drug-likeness (QED) is 0.674. The van der Waals surface area contributed by atoms with Crippen molar-refractivity contribution in [1.82, 2.24) is 25.4 Å². The predicted molar refractivity (Wildman–Crippen MR) is 105 cm³/mol. The van der Waals surface area contributed by atoms with E-state index in [0.29, 0.717) is 42.3 Å². The molecule has 0 amide bonds. The molecule has 0 bridgehead atoms. The zero-order valence-corrected chi connectivity index (χ0v) is 16.8. The molecule has 1 aliphatic carbocycles. The Morgan fingerprint density at radius 2 is 2.22 bits per heavy atom. The Hall–Kier alpha value is -2.06. The number of fused-ring (bicyclic) bond motifs is 3. The lowest BCUT2D eigenvalue weighted by atomic mass is 9.89. The molecule has 2 unspecified atom stereocenters. The van der Waals surface area contributed by atoms with Crippen molar-refractivity contribution in [1.29, 1.82) is 0 Å². The first-order valence-electron chi connectivity index (χ1n) is 9.55. The smallest absolute Gasteiger partial charge is 0.259 e. The summed E-state index contributed by atoms with van der Waals surface area (Å²) in [5, 5.41) is 7.97. The first kappa shape index (κ1) is 18.3. The summed E-state index contributed by atoms with van der Waals surface area (Å²) < 4.78 is 5.32. The number of likely N-dealkylation sites (N-methyl/N-ethyl adjacent to an activating group) is 1. The van der Waals surface area contributed by atoms with Gasteiger partial charge in [-0.2, -0.15) is 4.98 Å². The van der Waals surface area contributed by atoms with Crippen LogP contribution in [0.15, 0.2) is 9.32 Å². The van der Waals surface area contributed by atoms with E-state index >= 15 is 0 Å². The van der Waals surface area contributed by atoms with Crippen molar-refractivity contribution in [3.05, 3.63) is 38.3 Å². The van der Waals surface area contributed by atoms with E-state index in [1.165, 1.54) is 10.4 Å². The first-order valence-corrected chi connectivity index (χ1v) is 10.4. The molecule has 3 aromatic rings. The molecule has 8 heteroatoms. The molecule has 0 fully saturated rings. The van der Waals surface area contributed by atoms with Crippen molar-refractivity contribution < 1.29 is 4.52 Å². The molecule has 0 aliphatic heterocycles. The van der Waals surface area contributed by atoms with Crippen molar-refractivity contribution in [3.8, 4) is 0 Å². The third kappa shape index (κ3) is 3.82. The molecule has 1 aliphatic rings. The average molecular weight is 388 g/mol. The molecule has 144 valence electrons. The Labute approximate surface area is 161 Å². The van der Waals surface area contributed by atoms with Gasteiger partial charge in [-0.05, 0) is 44.7 Å². The molecule has 0 spiro atoms. The molecule has 2 atom stereocenters. The summed E-state index contributed by atoms with van der Waals surface area (Å²) in [7, 11) is 1.91. The van der Waals surface area contributed by atoms with Gasteiger partial charge in [0.05, 0.1) is 5.39 Å². The summed E-state index contributed by atoms with van der Waals surface area (Å²) >= 11 is 1.68. The van der Waals surface area contributed by atoms with E-state index < -0.39 is 0 Å². The van der Waals surface area contributed by atoms with Crippen LogP contribution >= 0.6 is 11.3 Å². The van der Waals surface area contributed by atoms with E-state index in [1.807, 2.05) is 7.05 Å². The highest BCUT2D eigenvalue weighted by Gasteiger charge is 2.23. The largest absolute Gasteiger partial charge is 0.339 e. The fourth-order valence-electron chi connectivity index (χ4n) is 3.59. The van der Waals surface area contributed by atoms with Crippen molar-refractivity contribution in [2.75, 3.05) is 7.05 Å². The van der Waals surface area contributed by atoms with Crippen LogP contribution < -0.4 is 10.9 Å². The van der Waals surface area contributed by atoms with Crippen LogP contribution in [-0.2, 0) is 32.1 Å². The third-order valence-electron chi connectivity index (χ3n) is 5.28. The Morgan fingerprint density at radius 1 is 1.37 bits per heavy atom. The molecule has 0 saturated heterocycles. The zero-order chi connectivity index (χ0) is 19.0. The van der Waals surface area contributed by atoms with Crippen LogP contribution in [0.4, 0.5) is 0 Å². The van der Waals surface area contributed by atoms with Gasteiger partial charge < -0.3 is 14.8 Å². The Balaban J connectivity index is 1.51. The highest BCUT2D eigenvalue weighted by molar-refractivity contribution is 7.18. The Kier molecular flexibility index (Phi) is 5.10. The van der Waals surface area contributed by atoms with Gasteiger partial charge in [0.2, 0.25) is 5.89 Å². The molecular weight excluding hydrogens is 362 g/mol. The number of aryl methyl sites for hydroxylation is 3. The number of aromatic nitrogens is 4. The van der Waals surface area contributed by atoms with Crippen molar-refractivity contribution in [2.45, 2.75) is 58.4 Å². The lowest BCUT2D eigenvalue weighted by Crippen LogP contribution is -2.24. The minimum atomic E-state index is -0.0175. The molecule has 2 N–H and O–H groups in total. The summed E-state index contributed by atoms with van der Waals surface area (Å²) in [4.78, 5) is 26.9. The van der Waals surface area contributed by atoms with Crippen molar-refractivity contribution in [2.24, 2.45) is 5.92 Å². The highest BCUT2D eigenvalue weighted by Crippen LogP contribution is 2.35. The highest BCUT2D eigenvalue weighted by atomic mass is 32.1. The van der Waals surface area contributed by atoms with Crippen molar-refractivity contribution >= 4 is 21.6 Å². The zero-order valence-electron chi connectivity index (χ0n) is 16.0. The van der Waals surface area contributed by atoms with Gasteiger partial charge in [-0.25, -0.2) is 4.98 Å². The molecule has 3 heterocycles. The SMILES string of the molecule is CNC(C)Cc1noc(CCc2nc3sc4c(c3c(=O)[nH]2)CCC(C)C4)n1. The summed E-state index contributed by atoms with van der Waals surface area (Å²) in [6, 6.07) is 0.295. The molecule has 27 heavy (non-hydrogen) atoms. The lowest BCUT2D eigenvalue weighted by Gasteiger charge is -2.17. The molecule has 0 saturated carbocycles. The molecule has 7 nitrogen and oxygen atoms in total. The number of nitrogens with zero attached hydrogens (tertiary/aromatic N) is 3. The van der Waals surface area contributed by atoms with Crippen LogP contribution in [0.5, 0.6) is 0 Å². The van der Waals surface area contributed by atoms with E-state index in [9.17, 15) is 4.79 Å². The monoisotopic (exact) mass is 387 g/mol. The van der Waals surface area contributed by atoms with Crippen LogP contribution in [0.25, 0.3) is 10.2 Å². The van der Waals surface area contributed by atoms with Crippen molar-refractivity contribution in [3.63, 3.8) is 0 Å². The fourth-order valence-corrected chi connectivity index (χ4v) is 4.99. The van der Waals surface area contributed by atoms with E-state index in [4.69, 9.17) is 9.51 Å². The number of thiophene rings is 1. The van der Waals surface area contributed by atoms with Crippen LogP contribution in [0.1, 0.15) is 48.2 Å². The maximum absolute atomic E-state index is 12.6. The van der Waals surface area contributed by atoms with Crippen LogP contribution in [0.3, 0.4) is 0 Å². The maximum atomic E-state index is 12.6. The molecular formula is C19H25N5O2S. The molecule has 0 radical (unpaired) electrons. The van der Waals surface area contributed by atoms with Gasteiger partial charge in [0, 0.05) is 30.2 Å². The predicted octanol–water partition coefficient (Wildman–Crippen LogP) is 2.43. The van der Waals surface area contributed by atoms with Gasteiger partial charge in [0.1, 0.15) is 10.7 Å². The van der Waals surface area contributed by atoms with Gasteiger partial charge in [-0.1, -0.05) is 12.1 Å². The molecule has 3 aromatic heterocycles. The van der Waals surface area contributed by atoms with E-state index in [0.717, 1.165) is 35.9 Å². The minimum Gasteiger partial charge on any atom is -0.339 e. The maximum Gasteiger partial charge on any atom is 0.259 e. The second-order valence-corrected chi connectivity index (χ2v) is 8.63. The van der Waals surface area contributed by atoms with E-state index in [-0.39, 0.29) is 5.56 Å². The Morgan fingerprint density at radius 3 is 3.04 bits per heavy atom. The molecule has 0 aromatic carbocycles. The first-order chi connectivity index (χ1) is 13.0. The van der Waals surface area contributed by atoms with E-state index in [1.54, 1.807) is 11.3 Å². The molecule has 4 rings (SSSR count). The topological polar surface area (TPSA) is 96.7 Å². The number of hydrogen-bond donors (Lipinski definition) is 2. The summed E-state index contributed by atoms with van der Waals surface area (Å²) in [5.74, 6) is 2.64. The number of aromatic amines is 1. The Bertz CT molecular complexity index is 1010. The third-order valence-corrected chi connectivity index (χ3v) is 6.43. The normalized spacial score (nSPS) is 18.0. The van der Waals surface area contributed by atoms with Crippen LogP contribution in [0.2, 0.25) is 0 Å². The summed E-state index contributed by atoms with van der Waals surface area (Å²) in [6.45, 7) is 4.34. The average Bonchev–Trinajstić information content (AvgIpc) is 3.23. The van der Waals surface area contributed by atoms with Crippen LogP contribution in [-0.4, -0.2) is 33.2 Å². The second-order valence-electron chi connectivity index (χ2n) is 7.54. The standard InChI is InChI=1S/C19H25N5O2S/c1-10-4-5-12-13(8-10)27-19-17(12)18(25)22-14(23-19)6-7-16-21-15(24-26-16)9-11(2)20-3/h10-11,20H,4-9H2,1-3H3,(H,22,23,25). The van der Waals surface area contributed by atoms with Crippen LogP contribution in [0, 0.1) is 5.92 Å². The number of H-pyrrole nitrogens is 1. The number of rotatable bonds is 6. The number of nitrogens with one attached hydrogen (secondary N) is 2. The number of hydrogen-bond acceptors (Lipinski definition) is 7. The summed E-state index contributed by atoms with van der Waals surface area (Å²) in [6.07, 6.45) is 5.05. The van der Waals surface area contributed by atoms with Gasteiger partial charge in [-0.3, -0.25) is 4.79 Å². The summed E-state index contributed by atoms with van der Waals surface area (Å²) in [5.41, 5.74) is 1.20. The fraction of sp³-hybridized carbons (Fsp3) is 0.579. The minimum absolute atomic E-state index is 0.0175. The van der Waals surface area contributed by atoms with E-state index in [2.05, 4.69) is 34.3 Å². The van der Waals surface area contributed by atoms with Gasteiger partial charge in [0.15, 0.2) is 5.82 Å². The lowest BCUT2D eigenvalue weighted by molar-refractivity contribution is 0.370.